The Morgan fingerprint density at radius 1 is 1.47 bits per heavy atom. The molecule has 0 aliphatic carbocycles. The van der Waals surface area contributed by atoms with Gasteiger partial charge in [-0.2, -0.15) is 0 Å². The highest BCUT2D eigenvalue weighted by atomic mass is 16.2. The van der Waals surface area contributed by atoms with E-state index in [1.807, 2.05) is 11.9 Å². The average Bonchev–Trinajstić information content (AvgIpc) is 2.49. The van der Waals surface area contributed by atoms with Crippen molar-refractivity contribution < 1.29 is 4.79 Å². The van der Waals surface area contributed by atoms with Crippen LogP contribution in [0.5, 0.6) is 0 Å². The summed E-state index contributed by atoms with van der Waals surface area (Å²) in [5, 5.41) is 0. The third kappa shape index (κ3) is 3.47. The molecule has 0 aromatic carbocycles. The van der Waals surface area contributed by atoms with Crippen molar-refractivity contribution in [2.75, 3.05) is 20.1 Å². The van der Waals surface area contributed by atoms with E-state index in [0.29, 0.717) is 5.91 Å². The molecular weight excluding hydrogens is 190 g/mol. The van der Waals surface area contributed by atoms with Crippen molar-refractivity contribution in [2.45, 2.75) is 39.7 Å². The van der Waals surface area contributed by atoms with E-state index in [-0.39, 0.29) is 11.5 Å². The average molecular weight is 213 g/mol. The molecule has 0 spiro atoms. The summed E-state index contributed by atoms with van der Waals surface area (Å²) in [6.07, 6.45) is 1.73. The first-order valence-corrected chi connectivity index (χ1v) is 5.65. The van der Waals surface area contributed by atoms with Gasteiger partial charge in [-0.25, -0.2) is 0 Å². The Hall–Kier alpha value is -0.610. The molecule has 0 radical (unpaired) electrons. The second kappa shape index (κ2) is 4.94. The van der Waals surface area contributed by atoms with Crippen LogP contribution in [0.15, 0.2) is 0 Å². The van der Waals surface area contributed by atoms with Crippen molar-refractivity contribution in [3.63, 3.8) is 0 Å². The Morgan fingerprint density at radius 3 is 2.53 bits per heavy atom. The minimum Gasteiger partial charge on any atom is -0.341 e. The van der Waals surface area contributed by atoms with Crippen LogP contribution in [-0.4, -0.2) is 37.0 Å². The zero-order valence-corrected chi connectivity index (χ0v) is 10.3. The Bertz CT molecular complexity index is 222. The molecule has 1 saturated heterocycles. The largest absolute Gasteiger partial charge is 0.341 e. The molecule has 2 N–H and O–H groups in total. The lowest BCUT2D eigenvalue weighted by Gasteiger charge is -2.34. The fourth-order valence-corrected chi connectivity index (χ4v) is 1.83. The van der Waals surface area contributed by atoms with Crippen molar-refractivity contribution in [2.24, 2.45) is 5.41 Å². The summed E-state index contributed by atoms with van der Waals surface area (Å²) in [7, 11) is 1.87. The molecule has 4 heteroatoms. The van der Waals surface area contributed by atoms with Gasteiger partial charge in [0.2, 0.25) is 5.91 Å². The van der Waals surface area contributed by atoms with E-state index in [1.54, 1.807) is 0 Å². The highest BCUT2D eigenvalue weighted by Gasteiger charge is 2.29. The van der Waals surface area contributed by atoms with Crippen molar-refractivity contribution >= 4 is 5.91 Å². The molecule has 1 heterocycles. The third-order valence-electron chi connectivity index (χ3n) is 2.94. The lowest BCUT2D eigenvalue weighted by Crippen LogP contribution is -2.52. The molecule has 88 valence electrons. The first-order valence-electron chi connectivity index (χ1n) is 5.65. The number of hydrogen-bond acceptors (Lipinski definition) is 3. The molecule has 0 unspecified atom stereocenters. The van der Waals surface area contributed by atoms with Gasteiger partial charge in [0.1, 0.15) is 0 Å². The molecule has 1 rings (SSSR count). The summed E-state index contributed by atoms with van der Waals surface area (Å²) in [6.45, 7) is 8.26. The van der Waals surface area contributed by atoms with Crippen molar-refractivity contribution in [3.05, 3.63) is 0 Å². The van der Waals surface area contributed by atoms with Gasteiger partial charge in [-0.05, 0) is 18.9 Å². The summed E-state index contributed by atoms with van der Waals surface area (Å²) in [4.78, 5) is 13.5. The minimum absolute atomic E-state index is 0.145. The van der Waals surface area contributed by atoms with Crippen LogP contribution in [0.1, 0.15) is 33.6 Å². The molecular formula is C11H23N3O. The predicted octanol–water partition coefficient (Wildman–Crippen LogP) is 0.747. The topological polar surface area (TPSA) is 44.4 Å². The number of nitrogens with one attached hydrogen (secondary N) is 2. The highest BCUT2D eigenvalue weighted by Crippen LogP contribution is 2.21. The zero-order chi connectivity index (χ0) is 11.5. The standard InChI is InChI=1S/C11H23N3O/c1-11(2,3)9(13-12-4)8-14-7-5-6-10(14)15/h9,12-13H,5-8H2,1-4H3/t9-/m1/s1. The van der Waals surface area contributed by atoms with E-state index in [4.69, 9.17) is 0 Å². The van der Waals surface area contributed by atoms with Gasteiger partial charge in [0.15, 0.2) is 0 Å². The highest BCUT2D eigenvalue weighted by molar-refractivity contribution is 5.78. The summed E-state index contributed by atoms with van der Waals surface area (Å²) in [5.41, 5.74) is 6.35. The number of carbonyl (C=O) groups excluding carboxylic acids is 1. The Kier molecular flexibility index (Phi) is 4.11. The molecule has 0 aromatic rings. The molecule has 1 aliphatic heterocycles. The van der Waals surface area contributed by atoms with E-state index >= 15 is 0 Å². The molecule has 4 nitrogen and oxygen atoms in total. The zero-order valence-electron chi connectivity index (χ0n) is 10.3. The predicted molar refractivity (Wildman–Crippen MR) is 61.3 cm³/mol. The molecule has 1 amide bonds. The fraction of sp³-hybridized carbons (Fsp3) is 0.909. The smallest absolute Gasteiger partial charge is 0.222 e. The van der Waals surface area contributed by atoms with Crippen molar-refractivity contribution in [1.82, 2.24) is 15.8 Å². The van der Waals surface area contributed by atoms with Crippen LogP contribution in [0.3, 0.4) is 0 Å². The van der Waals surface area contributed by atoms with Crippen LogP contribution in [0.4, 0.5) is 0 Å². The second-order valence-corrected chi connectivity index (χ2v) is 5.26. The first-order chi connectivity index (χ1) is 6.95. The van der Waals surface area contributed by atoms with E-state index in [0.717, 1.165) is 25.9 Å². The van der Waals surface area contributed by atoms with Crippen LogP contribution in [0, 0.1) is 5.41 Å². The van der Waals surface area contributed by atoms with Crippen LogP contribution in [0.2, 0.25) is 0 Å². The molecule has 1 fully saturated rings. The Morgan fingerprint density at radius 2 is 2.13 bits per heavy atom. The van der Waals surface area contributed by atoms with Crippen molar-refractivity contribution in [3.8, 4) is 0 Å². The van der Waals surface area contributed by atoms with Crippen LogP contribution in [-0.2, 0) is 4.79 Å². The van der Waals surface area contributed by atoms with Gasteiger partial charge in [0.05, 0.1) is 0 Å². The number of nitrogens with zero attached hydrogens (tertiary/aromatic N) is 1. The van der Waals surface area contributed by atoms with Gasteiger partial charge >= 0.3 is 0 Å². The van der Waals surface area contributed by atoms with Crippen LogP contribution < -0.4 is 10.9 Å². The van der Waals surface area contributed by atoms with Gasteiger partial charge in [-0.15, -0.1) is 0 Å². The molecule has 15 heavy (non-hydrogen) atoms. The maximum atomic E-state index is 11.5. The third-order valence-corrected chi connectivity index (χ3v) is 2.94. The molecule has 1 aliphatic rings. The second-order valence-electron chi connectivity index (χ2n) is 5.26. The van der Waals surface area contributed by atoms with Gasteiger partial charge in [0.25, 0.3) is 0 Å². The number of hydrazine groups is 1. The summed E-state index contributed by atoms with van der Waals surface area (Å²) >= 11 is 0. The summed E-state index contributed by atoms with van der Waals surface area (Å²) < 4.78 is 0. The molecule has 1 atom stereocenters. The number of rotatable bonds is 4. The quantitative estimate of drug-likeness (QED) is 0.677. The number of amides is 1. The Balaban J connectivity index is 2.54. The SMILES string of the molecule is CNN[C@H](CN1CCCC1=O)C(C)(C)C. The van der Waals surface area contributed by atoms with E-state index in [1.165, 1.54) is 0 Å². The molecule has 0 bridgehead atoms. The summed E-state index contributed by atoms with van der Waals surface area (Å²) in [5.74, 6) is 0.294. The Labute approximate surface area is 92.4 Å². The van der Waals surface area contributed by atoms with E-state index in [9.17, 15) is 4.79 Å². The minimum atomic E-state index is 0.145. The van der Waals surface area contributed by atoms with Crippen molar-refractivity contribution in [1.29, 1.82) is 0 Å². The van der Waals surface area contributed by atoms with Crippen LogP contribution in [0.25, 0.3) is 0 Å². The maximum Gasteiger partial charge on any atom is 0.222 e. The summed E-state index contributed by atoms with van der Waals surface area (Å²) in [6, 6.07) is 0.282. The number of carbonyl (C=O) groups is 1. The van der Waals surface area contributed by atoms with E-state index in [2.05, 4.69) is 31.6 Å². The lowest BCUT2D eigenvalue weighted by atomic mass is 9.87. The van der Waals surface area contributed by atoms with Crippen LogP contribution >= 0.6 is 0 Å². The first kappa shape index (κ1) is 12.5. The lowest BCUT2D eigenvalue weighted by molar-refractivity contribution is -0.128. The fourth-order valence-electron chi connectivity index (χ4n) is 1.83. The van der Waals surface area contributed by atoms with Gasteiger partial charge < -0.3 is 4.90 Å². The molecule has 0 saturated carbocycles. The van der Waals surface area contributed by atoms with E-state index < -0.39 is 0 Å². The monoisotopic (exact) mass is 213 g/mol. The normalized spacial score (nSPS) is 19.7. The molecule has 0 aromatic heterocycles. The maximum absolute atomic E-state index is 11.5. The number of hydrogen-bond donors (Lipinski definition) is 2. The van der Waals surface area contributed by atoms with Gasteiger partial charge in [0, 0.05) is 25.6 Å². The van der Waals surface area contributed by atoms with Gasteiger partial charge in [-0.3, -0.25) is 15.6 Å². The van der Waals surface area contributed by atoms with Gasteiger partial charge in [-0.1, -0.05) is 20.8 Å². The number of likely N-dealkylation sites (tertiary alicyclic amines) is 1.